The van der Waals surface area contributed by atoms with E-state index in [9.17, 15) is 24.0 Å². The molecule has 11 nitrogen and oxygen atoms in total. The Morgan fingerprint density at radius 1 is 1.04 bits per heavy atom. The van der Waals surface area contributed by atoms with E-state index in [1.54, 1.807) is 12.0 Å². The molecular formula is C36H55N5O6. The summed E-state index contributed by atoms with van der Waals surface area (Å²) in [6.45, 7) is 16.2. The van der Waals surface area contributed by atoms with Gasteiger partial charge in [-0.15, -0.1) is 6.58 Å². The molecule has 4 N–H and O–H groups in total. The predicted molar refractivity (Wildman–Crippen MR) is 181 cm³/mol. The maximum Gasteiger partial charge on any atom is 0.315 e. The summed E-state index contributed by atoms with van der Waals surface area (Å²) in [6.07, 6.45) is 4.13. The van der Waals surface area contributed by atoms with Crippen molar-refractivity contribution in [1.29, 1.82) is 0 Å². The Labute approximate surface area is 280 Å². The van der Waals surface area contributed by atoms with E-state index in [1.165, 1.54) is 6.08 Å². The van der Waals surface area contributed by atoms with Gasteiger partial charge in [0.05, 0.1) is 18.7 Å². The lowest BCUT2D eigenvalue weighted by atomic mass is 9.87. The minimum Gasteiger partial charge on any atom is -0.383 e. The molecule has 1 saturated heterocycles. The minimum atomic E-state index is -1.03. The molecule has 0 bridgehead atoms. The van der Waals surface area contributed by atoms with Crippen LogP contribution in [0, 0.1) is 23.2 Å². The zero-order valence-electron chi connectivity index (χ0n) is 29.2. The van der Waals surface area contributed by atoms with Crippen LogP contribution in [0.1, 0.15) is 71.9 Å². The largest absolute Gasteiger partial charge is 0.383 e. The Morgan fingerprint density at radius 2 is 1.68 bits per heavy atom. The number of carbonyl (C=O) groups is 5. The Balaban J connectivity index is 1.91. The molecule has 0 spiro atoms. The van der Waals surface area contributed by atoms with E-state index in [0.717, 1.165) is 11.1 Å². The first-order valence-electron chi connectivity index (χ1n) is 16.9. The maximum atomic E-state index is 14.6. The van der Waals surface area contributed by atoms with E-state index >= 15 is 0 Å². The van der Waals surface area contributed by atoms with E-state index in [1.807, 2.05) is 65.8 Å². The van der Waals surface area contributed by atoms with E-state index < -0.39 is 41.8 Å². The normalized spacial score (nSPS) is 19.8. The number of benzene rings is 1. The Morgan fingerprint density at radius 3 is 2.21 bits per heavy atom. The number of nitrogens with one attached hydrogen (secondary N) is 4. The molecule has 1 aliphatic heterocycles. The van der Waals surface area contributed by atoms with E-state index in [4.69, 9.17) is 4.74 Å². The molecule has 5 amide bonds. The highest BCUT2D eigenvalue weighted by Crippen LogP contribution is 2.35. The molecule has 0 saturated carbocycles. The summed E-state index contributed by atoms with van der Waals surface area (Å²) in [4.78, 5) is 69.3. The fourth-order valence-corrected chi connectivity index (χ4v) is 6.73. The summed E-state index contributed by atoms with van der Waals surface area (Å²) in [5.74, 6) is -2.65. The number of ketones is 1. The van der Waals surface area contributed by atoms with Crippen molar-refractivity contribution in [2.75, 3.05) is 26.8 Å². The average Bonchev–Trinajstić information content (AvgIpc) is 3.66. The van der Waals surface area contributed by atoms with Crippen LogP contribution in [0.2, 0.25) is 0 Å². The quantitative estimate of drug-likeness (QED) is 0.169. The van der Waals surface area contributed by atoms with Crippen LogP contribution in [0.25, 0.3) is 0 Å². The van der Waals surface area contributed by atoms with Gasteiger partial charge in [0.15, 0.2) is 0 Å². The first kappa shape index (κ1) is 37.7. The third-order valence-corrected chi connectivity index (χ3v) is 9.48. The highest BCUT2D eigenvalue weighted by Gasteiger charge is 2.47. The number of urea groups is 1. The van der Waals surface area contributed by atoms with E-state index in [0.29, 0.717) is 38.8 Å². The van der Waals surface area contributed by atoms with Gasteiger partial charge in [-0.2, -0.15) is 0 Å². The summed E-state index contributed by atoms with van der Waals surface area (Å²) < 4.78 is 5.37. The first-order valence-corrected chi connectivity index (χ1v) is 16.9. The number of methoxy groups -OCH3 is 1. The van der Waals surface area contributed by atoms with Gasteiger partial charge < -0.3 is 30.9 Å². The molecule has 1 heterocycles. The number of ether oxygens (including phenoxy) is 1. The highest BCUT2D eigenvalue weighted by atomic mass is 16.5. The molecule has 1 aromatic rings. The number of nitrogens with zero attached hydrogens (tertiary/aromatic N) is 1. The molecule has 3 rings (SSSR count). The van der Waals surface area contributed by atoms with Crippen LogP contribution in [0.4, 0.5) is 4.79 Å². The number of rotatable bonds is 15. The number of amides is 5. The van der Waals surface area contributed by atoms with Gasteiger partial charge in [-0.05, 0) is 60.0 Å². The van der Waals surface area contributed by atoms with Gasteiger partial charge >= 0.3 is 6.03 Å². The third kappa shape index (κ3) is 9.65. The van der Waals surface area contributed by atoms with Crippen molar-refractivity contribution in [3.63, 3.8) is 0 Å². The van der Waals surface area contributed by atoms with Crippen LogP contribution < -0.4 is 21.3 Å². The number of hydrogen-bond donors (Lipinski definition) is 4. The molecule has 2 aliphatic rings. The number of hydrogen-bond acceptors (Lipinski definition) is 6. The van der Waals surface area contributed by atoms with E-state index in [-0.39, 0.29) is 48.1 Å². The van der Waals surface area contributed by atoms with Crippen LogP contribution in [0.5, 0.6) is 0 Å². The van der Waals surface area contributed by atoms with Crippen molar-refractivity contribution in [2.24, 2.45) is 23.2 Å². The molecule has 260 valence electrons. The number of Topliss-reactive ketones (excluding diaryl/α,β-unsaturated/α-hetero) is 1. The van der Waals surface area contributed by atoms with Gasteiger partial charge in [-0.1, -0.05) is 78.3 Å². The second-order valence-electron chi connectivity index (χ2n) is 14.3. The first-order chi connectivity index (χ1) is 22.2. The zero-order valence-corrected chi connectivity index (χ0v) is 29.2. The summed E-state index contributed by atoms with van der Waals surface area (Å²) in [7, 11) is 1.58. The van der Waals surface area contributed by atoms with Crippen LogP contribution in [-0.2, 0) is 36.8 Å². The lowest BCUT2D eigenvalue weighted by Gasteiger charge is -2.35. The third-order valence-electron chi connectivity index (χ3n) is 9.48. The molecule has 4 unspecified atom stereocenters. The van der Waals surface area contributed by atoms with Crippen molar-refractivity contribution in [3.8, 4) is 0 Å². The topological polar surface area (TPSA) is 146 Å². The van der Waals surface area contributed by atoms with Crippen molar-refractivity contribution in [2.45, 2.75) is 97.8 Å². The van der Waals surface area contributed by atoms with Crippen LogP contribution in [0.3, 0.4) is 0 Å². The van der Waals surface area contributed by atoms with Gasteiger partial charge in [0, 0.05) is 20.2 Å². The minimum absolute atomic E-state index is 0.0618. The molecule has 11 heteroatoms. The van der Waals surface area contributed by atoms with Gasteiger partial charge in [0.2, 0.25) is 17.6 Å². The van der Waals surface area contributed by atoms with Crippen molar-refractivity contribution < 1.29 is 28.7 Å². The summed E-state index contributed by atoms with van der Waals surface area (Å²) >= 11 is 0. The molecule has 1 fully saturated rings. The predicted octanol–water partition coefficient (Wildman–Crippen LogP) is 3.16. The zero-order chi connectivity index (χ0) is 34.9. The Hall–Kier alpha value is -3.73. The number of carbonyl (C=O) groups excluding carboxylic acids is 5. The Kier molecular flexibility index (Phi) is 13.6. The summed E-state index contributed by atoms with van der Waals surface area (Å²) in [6, 6.07) is 4.45. The monoisotopic (exact) mass is 653 g/mol. The van der Waals surface area contributed by atoms with Crippen molar-refractivity contribution >= 4 is 29.5 Å². The van der Waals surface area contributed by atoms with Crippen LogP contribution in [0.15, 0.2) is 36.9 Å². The molecule has 47 heavy (non-hydrogen) atoms. The SMILES string of the molecule is C=CCNC(=O)C(=O)C(CCC)NC(=O)C1[C@@H](C(C)C)CCN1C(=O)C(NC(=O)NC(COC)C(C)(C)C)C1Cc2ccccc2C1. The molecular weight excluding hydrogens is 598 g/mol. The smallest absolute Gasteiger partial charge is 0.315 e. The molecule has 0 radical (unpaired) electrons. The van der Waals surface area contributed by atoms with Gasteiger partial charge in [0.1, 0.15) is 12.1 Å². The lowest BCUT2D eigenvalue weighted by molar-refractivity contribution is -0.144. The molecule has 1 aliphatic carbocycles. The van der Waals surface area contributed by atoms with Gasteiger partial charge in [-0.25, -0.2) is 4.79 Å². The second kappa shape index (κ2) is 16.9. The fraction of sp³-hybridized carbons (Fsp3) is 0.639. The summed E-state index contributed by atoms with van der Waals surface area (Å²) in [5.41, 5.74) is 1.97. The number of fused-ring (bicyclic) bond motifs is 1. The molecule has 5 atom stereocenters. The van der Waals surface area contributed by atoms with Crippen LogP contribution >= 0.6 is 0 Å². The fourth-order valence-electron chi connectivity index (χ4n) is 6.73. The lowest BCUT2D eigenvalue weighted by Crippen LogP contribution is -2.61. The number of likely N-dealkylation sites (tertiary alicyclic amines) is 1. The highest BCUT2D eigenvalue weighted by molar-refractivity contribution is 6.38. The maximum absolute atomic E-state index is 14.6. The second-order valence-corrected chi connectivity index (χ2v) is 14.3. The van der Waals surface area contributed by atoms with Crippen LogP contribution in [-0.4, -0.2) is 85.4 Å². The van der Waals surface area contributed by atoms with Crippen molar-refractivity contribution in [1.82, 2.24) is 26.2 Å². The molecule has 1 aromatic carbocycles. The van der Waals surface area contributed by atoms with E-state index in [2.05, 4.69) is 27.8 Å². The molecule has 0 aromatic heterocycles. The Bertz CT molecular complexity index is 1270. The average molecular weight is 654 g/mol. The van der Waals surface area contributed by atoms with Gasteiger partial charge in [-0.3, -0.25) is 19.2 Å². The van der Waals surface area contributed by atoms with Gasteiger partial charge in [0.25, 0.3) is 5.91 Å². The van der Waals surface area contributed by atoms with Crippen molar-refractivity contribution in [3.05, 3.63) is 48.0 Å². The summed E-state index contributed by atoms with van der Waals surface area (Å²) in [5, 5.41) is 11.3. The standard InChI is InChI=1S/C36H55N5O6/c1-9-13-27(31(42)33(44)37-17-10-2)38-32(43)30-26(22(3)4)16-18-41(30)34(45)29(25-19-23-14-11-12-15-24(23)20-25)40-35(46)39-28(21-47-8)36(5,6)7/h10-12,14-15,22,25-30H,2,9,13,16-21H2,1,3-8H3,(H,37,44)(H,38,43)(H2,39,40,46)/t26-,27?,28?,29?,30?/m1/s1.